The van der Waals surface area contributed by atoms with Crippen molar-refractivity contribution < 1.29 is 14.8 Å². The van der Waals surface area contributed by atoms with Crippen molar-refractivity contribution in [1.82, 2.24) is 0 Å². The first kappa shape index (κ1) is 8.92. The Kier molecular flexibility index (Phi) is 2.27. The number of nitro groups is 1. The van der Waals surface area contributed by atoms with Crippen molar-refractivity contribution in [3.8, 4) is 0 Å². The van der Waals surface area contributed by atoms with Crippen LogP contribution in [0.15, 0.2) is 0 Å². The van der Waals surface area contributed by atoms with Crippen molar-refractivity contribution in [2.24, 2.45) is 11.7 Å². The number of hydrogen-bond donors (Lipinski definition) is 2. The topological polar surface area (TPSA) is 106 Å². The summed E-state index contributed by atoms with van der Waals surface area (Å²) in [5, 5.41) is 18.5. The monoisotopic (exact) mass is 174 g/mol. The maximum atomic E-state index is 10.2. The van der Waals surface area contributed by atoms with E-state index in [1.807, 2.05) is 0 Å². The van der Waals surface area contributed by atoms with Crippen LogP contribution in [0, 0.1) is 16.0 Å². The Hall–Kier alpha value is -1.17. The summed E-state index contributed by atoms with van der Waals surface area (Å²) in [5.74, 6) is -1.23. The predicted molar refractivity (Wildman–Crippen MR) is 39.1 cm³/mol. The molecule has 0 aromatic carbocycles. The summed E-state index contributed by atoms with van der Waals surface area (Å²) in [6, 6.07) is -1.52. The molecule has 12 heavy (non-hydrogen) atoms. The third kappa shape index (κ3) is 1.91. The van der Waals surface area contributed by atoms with Crippen LogP contribution in [-0.4, -0.2) is 28.1 Å². The van der Waals surface area contributed by atoms with Crippen molar-refractivity contribution >= 4 is 5.97 Å². The second-order valence-corrected chi connectivity index (χ2v) is 3.03. The molecular weight excluding hydrogens is 164 g/mol. The fraction of sp³-hybridized carbons (Fsp3) is 0.833. The highest BCUT2D eigenvalue weighted by molar-refractivity contribution is 5.73. The number of rotatable bonds is 4. The fourth-order valence-electron chi connectivity index (χ4n) is 1.17. The first-order valence-corrected chi connectivity index (χ1v) is 3.64. The SMILES string of the molecule is N[C@@H](C[C@@H]1C[C@H]1[N+](=O)[O-])C(=O)O. The summed E-state index contributed by atoms with van der Waals surface area (Å²) >= 11 is 0. The summed E-state index contributed by atoms with van der Waals surface area (Å²) < 4.78 is 0. The van der Waals surface area contributed by atoms with E-state index in [0.29, 0.717) is 6.42 Å². The fourth-order valence-corrected chi connectivity index (χ4v) is 1.17. The molecule has 0 bridgehead atoms. The van der Waals surface area contributed by atoms with Gasteiger partial charge >= 0.3 is 5.97 Å². The molecule has 3 N–H and O–H groups in total. The third-order valence-corrected chi connectivity index (χ3v) is 2.03. The molecule has 0 saturated heterocycles. The maximum absolute atomic E-state index is 10.2. The van der Waals surface area contributed by atoms with Crippen LogP contribution in [-0.2, 0) is 4.79 Å². The smallest absolute Gasteiger partial charge is 0.320 e. The van der Waals surface area contributed by atoms with Crippen LogP contribution in [0.3, 0.4) is 0 Å². The van der Waals surface area contributed by atoms with Gasteiger partial charge in [0.15, 0.2) is 0 Å². The largest absolute Gasteiger partial charge is 0.480 e. The molecule has 0 radical (unpaired) electrons. The molecule has 1 fully saturated rings. The second-order valence-electron chi connectivity index (χ2n) is 3.03. The van der Waals surface area contributed by atoms with Gasteiger partial charge in [0.2, 0.25) is 6.04 Å². The minimum atomic E-state index is -1.09. The van der Waals surface area contributed by atoms with Gasteiger partial charge in [-0.3, -0.25) is 14.9 Å². The number of aliphatic carboxylic acids is 1. The Balaban J connectivity index is 2.27. The molecule has 0 aliphatic heterocycles. The zero-order valence-electron chi connectivity index (χ0n) is 6.34. The van der Waals surface area contributed by atoms with Gasteiger partial charge in [0.05, 0.1) is 0 Å². The van der Waals surface area contributed by atoms with Gasteiger partial charge in [-0.15, -0.1) is 0 Å². The summed E-state index contributed by atoms with van der Waals surface area (Å²) in [7, 11) is 0. The number of carbonyl (C=O) groups is 1. The highest BCUT2D eigenvalue weighted by atomic mass is 16.6. The molecule has 1 saturated carbocycles. The summed E-state index contributed by atoms with van der Waals surface area (Å²) in [6.45, 7) is 0. The molecule has 0 heterocycles. The lowest BCUT2D eigenvalue weighted by molar-refractivity contribution is -0.498. The van der Waals surface area contributed by atoms with Crippen molar-refractivity contribution in [3.63, 3.8) is 0 Å². The van der Waals surface area contributed by atoms with Gasteiger partial charge in [-0.25, -0.2) is 0 Å². The number of nitrogens with two attached hydrogens (primary N) is 1. The van der Waals surface area contributed by atoms with Gasteiger partial charge in [-0.1, -0.05) is 0 Å². The number of nitrogens with zero attached hydrogens (tertiary/aromatic N) is 1. The van der Waals surface area contributed by atoms with Crippen molar-refractivity contribution in [2.45, 2.75) is 24.9 Å². The average molecular weight is 174 g/mol. The van der Waals surface area contributed by atoms with Crippen molar-refractivity contribution in [1.29, 1.82) is 0 Å². The first-order valence-electron chi connectivity index (χ1n) is 3.64. The van der Waals surface area contributed by atoms with E-state index in [0.717, 1.165) is 0 Å². The zero-order chi connectivity index (χ0) is 9.30. The molecular formula is C6H10N2O4. The van der Waals surface area contributed by atoms with E-state index in [1.165, 1.54) is 0 Å². The standard InChI is InChI=1S/C6H10N2O4/c7-4(6(9)10)1-3-2-5(3)8(11)12/h3-5H,1-2,7H2,(H,9,10)/t3-,4+,5-/m1/s1. The molecule has 1 rings (SSSR count). The molecule has 0 aromatic rings. The Morgan fingerprint density at radius 1 is 1.83 bits per heavy atom. The molecule has 0 amide bonds. The Morgan fingerprint density at radius 2 is 2.42 bits per heavy atom. The van der Waals surface area contributed by atoms with Crippen LogP contribution in [0.5, 0.6) is 0 Å². The van der Waals surface area contributed by atoms with Crippen LogP contribution >= 0.6 is 0 Å². The quantitative estimate of drug-likeness (QED) is 0.439. The number of hydrogen-bond acceptors (Lipinski definition) is 4. The number of carboxylic acid groups (broad SMARTS) is 1. The Morgan fingerprint density at radius 3 is 2.75 bits per heavy atom. The number of carboxylic acids is 1. The Labute approximate surface area is 68.5 Å². The normalized spacial score (nSPS) is 29.4. The van der Waals surface area contributed by atoms with Crippen molar-refractivity contribution in [3.05, 3.63) is 10.1 Å². The van der Waals surface area contributed by atoms with E-state index in [1.54, 1.807) is 0 Å². The van der Waals surface area contributed by atoms with Crippen LogP contribution in [0.1, 0.15) is 12.8 Å². The van der Waals surface area contributed by atoms with E-state index in [9.17, 15) is 14.9 Å². The van der Waals surface area contributed by atoms with Crippen LogP contribution in [0.25, 0.3) is 0 Å². The highest BCUT2D eigenvalue weighted by Crippen LogP contribution is 2.36. The lowest BCUT2D eigenvalue weighted by Gasteiger charge is -2.02. The highest BCUT2D eigenvalue weighted by Gasteiger charge is 2.49. The van der Waals surface area contributed by atoms with E-state index in [-0.39, 0.29) is 17.3 Å². The second kappa shape index (κ2) is 3.06. The summed E-state index contributed by atoms with van der Waals surface area (Å²) in [5.41, 5.74) is 5.20. The van der Waals surface area contributed by atoms with E-state index in [4.69, 9.17) is 10.8 Å². The lowest BCUT2D eigenvalue weighted by Crippen LogP contribution is -2.31. The molecule has 6 nitrogen and oxygen atoms in total. The Bertz CT molecular complexity index is 218. The third-order valence-electron chi connectivity index (χ3n) is 2.03. The van der Waals surface area contributed by atoms with Gasteiger partial charge in [-0.05, 0) is 6.42 Å². The summed E-state index contributed by atoms with van der Waals surface area (Å²) in [4.78, 5) is 20.0. The molecule has 6 heteroatoms. The predicted octanol–water partition coefficient (Wildman–Crippen LogP) is -0.546. The van der Waals surface area contributed by atoms with Crippen LogP contribution < -0.4 is 5.73 Å². The van der Waals surface area contributed by atoms with Gasteiger partial charge in [0, 0.05) is 17.3 Å². The zero-order valence-corrected chi connectivity index (χ0v) is 6.34. The van der Waals surface area contributed by atoms with Crippen LogP contribution in [0.2, 0.25) is 0 Å². The minimum absolute atomic E-state index is 0.133. The molecule has 0 aromatic heterocycles. The molecule has 1 aliphatic carbocycles. The molecule has 3 atom stereocenters. The van der Waals surface area contributed by atoms with E-state index >= 15 is 0 Å². The van der Waals surface area contributed by atoms with Gasteiger partial charge < -0.3 is 10.8 Å². The van der Waals surface area contributed by atoms with Crippen molar-refractivity contribution in [2.75, 3.05) is 0 Å². The average Bonchev–Trinajstić information content (AvgIpc) is 2.67. The molecule has 68 valence electrons. The van der Waals surface area contributed by atoms with E-state index < -0.39 is 18.1 Å². The first-order chi connectivity index (χ1) is 5.52. The van der Waals surface area contributed by atoms with Gasteiger partial charge in [0.1, 0.15) is 6.04 Å². The minimum Gasteiger partial charge on any atom is -0.480 e. The van der Waals surface area contributed by atoms with Gasteiger partial charge in [0.25, 0.3) is 0 Å². The molecule has 0 unspecified atom stereocenters. The van der Waals surface area contributed by atoms with Gasteiger partial charge in [-0.2, -0.15) is 0 Å². The van der Waals surface area contributed by atoms with E-state index in [2.05, 4.69) is 0 Å². The lowest BCUT2D eigenvalue weighted by atomic mass is 10.1. The summed E-state index contributed by atoms with van der Waals surface area (Å²) in [6.07, 6.45) is 0.676. The van der Waals surface area contributed by atoms with Crippen LogP contribution in [0.4, 0.5) is 0 Å². The molecule has 0 spiro atoms. The maximum Gasteiger partial charge on any atom is 0.320 e. The molecule has 1 aliphatic rings.